The second-order valence-electron chi connectivity index (χ2n) is 5.48. The summed E-state index contributed by atoms with van der Waals surface area (Å²) in [5.74, 6) is 0.498. The predicted octanol–water partition coefficient (Wildman–Crippen LogP) is 3.31. The van der Waals surface area contributed by atoms with Crippen LogP contribution in [-0.2, 0) is 6.54 Å². The number of nitro benzene ring substituents is 1. The number of ether oxygens (including phenoxy) is 1. The quantitative estimate of drug-likeness (QED) is 0.616. The van der Waals surface area contributed by atoms with Crippen molar-refractivity contribution >= 4 is 17.3 Å². The molecule has 0 radical (unpaired) electrons. The van der Waals surface area contributed by atoms with Crippen LogP contribution in [0.4, 0.5) is 11.4 Å². The molecule has 1 N–H and O–H groups in total. The molecule has 0 aliphatic carbocycles. The largest absolute Gasteiger partial charge is 0.494 e. The standard InChI is InChI=1S/C18H21N3O4/c1-4-25-15-8-5-13(6-9-15)12-20(3)18(22)14-7-10-16(19-2)17(11-14)21(23)24/h5-11,19H,4,12H2,1-3H3. The molecule has 0 spiro atoms. The highest BCUT2D eigenvalue weighted by molar-refractivity contribution is 5.95. The Bertz CT molecular complexity index is 759. The Balaban J connectivity index is 2.14. The lowest BCUT2D eigenvalue weighted by Crippen LogP contribution is -2.26. The average Bonchev–Trinajstić information content (AvgIpc) is 2.62. The van der Waals surface area contributed by atoms with Crippen LogP contribution in [0.2, 0.25) is 0 Å². The summed E-state index contributed by atoms with van der Waals surface area (Å²) in [6.45, 7) is 2.91. The molecule has 0 saturated carbocycles. The topological polar surface area (TPSA) is 84.7 Å². The average molecular weight is 343 g/mol. The van der Waals surface area contributed by atoms with Crippen LogP contribution >= 0.6 is 0 Å². The zero-order valence-corrected chi connectivity index (χ0v) is 14.5. The van der Waals surface area contributed by atoms with E-state index >= 15 is 0 Å². The number of nitro groups is 1. The molecule has 0 fully saturated rings. The van der Waals surface area contributed by atoms with E-state index in [2.05, 4.69) is 5.32 Å². The lowest BCUT2D eigenvalue weighted by molar-refractivity contribution is -0.384. The number of hydrogen-bond acceptors (Lipinski definition) is 5. The van der Waals surface area contributed by atoms with Crippen molar-refractivity contribution < 1.29 is 14.5 Å². The van der Waals surface area contributed by atoms with Gasteiger partial charge in [0.25, 0.3) is 11.6 Å². The summed E-state index contributed by atoms with van der Waals surface area (Å²) in [5.41, 5.74) is 1.47. The third kappa shape index (κ3) is 4.47. The maximum atomic E-state index is 12.6. The van der Waals surface area contributed by atoms with Gasteiger partial charge in [-0.25, -0.2) is 0 Å². The highest BCUT2D eigenvalue weighted by atomic mass is 16.6. The van der Waals surface area contributed by atoms with Gasteiger partial charge in [0.2, 0.25) is 0 Å². The smallest absolute Gasteiger partial charge is 0.293 e. The molecule has 0 bridgehead atoms. The van der Waals surface area contributed by atoms with Crippen LogP contribution in [0.5, 0.6) is 5.75 Å². The van der Waals surface area contributed by atoms with E-state index < -0.39 is 4.92 Å². The van der Waals surface area contributed by atoms with Gasteiger partial charge >= 0.3 is 0 Å². The van der Waals surface area contributed by atoms with Crippen molar-refractivity contribution in [2.24, 2.45) is 0 Å². The summed E-state index contributed by atoms with van der Waals surface area (Å²) in [6.07, 6.45) is 0. The van der Waals surface area contributed by atoms with Crippen molar-refractivity contribution in [3.8, 4) is 5.75 Å². The van der Waals surface area contributed by atoms with Crippen molar-refractivity contribution in [2.45, 2.75) is 13.5 Å². The van der Waals surface area contributed by atoms with Crippen molar-refractivity contribution in [1.82, 2.24) is 4.90 Å². The van der Waals surface area contributed by atoms with Gasteiger partial charge in [0.1, 0.15) is 11.4 Å². The number of rotatable bonds is 7. The minimum Gasteiger partial charge on any atom is -0.494 e. The summed E-state index contributed by atoms with van der Waals surface area (Å²) in [6, 6.07) is 11.9. The molecular weight excluding hydrogens is 322 g/mol. The van der Waals surface area contributed by atoms with Gasteiger partial charge in [-0.3, -0.25) is 14.9 Å². The number of carbonyl (C=O) groups excluding carboxylic acids is 1. The Morgan fingerprint density at radius 1 is 1.24 bits per heavy atom. The first-order valence-corrected chi connectivity index (χ1v) is 7.89. The monoisotopic (exact) mass is 343 g/mol. The Morgan fingerprint density at radius 3 is 2.48 bits per heavy atom. The first kappa shape index (κ1) is 18.3. The summed E-state index contributed by atoms with van der Waals surface area (Å²) in [5, 5.41) is 13.9. The molecule has 2 aromatic carbocycles. The summed E-state index contributed by atoms with van der Waals surface area (Å²) in [7, 11) is 3.26. The molecule has 7 heteroatoms. The van der Waals surface area contributed by atoms with Gasteiger partial charge in [-0.1, -0.05) is 12.1 Å². The highest BCUT2D eigenvalue weighted by Gasteiger charge is 2.19. The van der Waals surface area contributed by atoms with E-state index in [1.165, 1.54) is 17.0 Å². The van der Waals surface area contributed by atoms with Gasteiger partial charge < -0.3 is 15.0 Å². The molecule has 0 aliphatic heterocycles. The van der Waals surface area contributed by atoms with E-state index in [0.29, 0.717) is 18.8 Å². The van der Waals surface area contributed by atoms with Crippen LogP contribution < -0.4 is 10.1 Å². The van der Waals surface area contributed by atoms with Crippen LogP contribution in [0.25, 0.3) is 0 Å². The minimum atomic E-state index is -0.505. The second-order valence-corrected chi connectivity index (χ2v) is 5.48. The summed E-state index contributed by atoms with van der Waals surface area (Å²) < 4.78 is 5.39. The molecule has 2 aromatic rings. The Labute approximate surface area is 146 Å². The fourth-order valence-electron chi connectivity index (χ4n) is 2.45. The van der Waals surface area contributed by atoms with Crippen LogP contribution in [-0.4, -0.2) is 36.4 Å². The van der Waals surface area contributed by atoms with Crippen LogP contribution in [0.1, 0.15) is 22.8 Å². The maximum absolute atomic E-state index is 12.6. The lowest BCUT2D eigenvalue weighted by Gasteiger charge is -2.18. The number of anilines is 1. The predicted molar refractivity (Wildman–Crippen MR) is 96.1 cm³/mol. The molecule has 0 aromatic heterocycles. The second kappa shape index (κ2) is 8.14. The van der Waals surface area contributed by atoms with E-state index in [1.54, 1.807) is 20.2 Å². The molecule has 0 unspecified atom stereocenters. The number of benzene rings is 2. The van der Waals surface area contributed by atoms with Gasteiger partial charge in [0.15, 0.2) is 0 Å². The van der Waals surface area contributed by atoms with Crippen LogP contribution in [0.3, 0.4) is 0 Å². The van der Waals surface area contributed by atoms with Gasteiger partial charge in [-0.2, -0.15) is 0 Å². The fraction of sp³-hybridized carbons (Fsp3) is 0.278. The van der Waals surface area contributed by atoms with Crippen molar-refractivity contribution in [3.05, 3.63) is 63.7 Å². The van der Waals surface area contributed by atoms with E-state index in [9.17, 15) is 14.9 Å². The molecule has 132 valence electrons. The third-order valence-electron chi connectivity index (χ3n) is 3.71. The van der Waals surface area contributed by atoms with E-state index in [4.69, 9.17) is 4.74 Å². The van der Waals surface area contributed by atoms with E-state index in [-0.39, 0.29) is 17.2 Å². The molecule has 7 nitrogen and oxygen atoms in total. The van der Waals surface area contributed by atoms with Crippen molar-refractivity contribution in [1.29, 1.82) is 0 Å². The maximum Gasteiger partial charge on any atom is 0.293 e. The van der Waals surface area contributed by atoms with E-state index in [0.717, 1.165) is 11.3 Å². The molecule has 1 amide bonds. The number of amides is 1. The van der Waals surface area contributed by atoms with Crippen LogP contribution in [0, 0.1) is 10.1 Å². The zero-order chi connectivity index (χ0) is 18.4. The first-order valence-electron chi connectivity index (χ1n) is 7.89. The van der Waals surface area contributed by atoms with Gasteiger partial charge in [-0.15, -0.1) is 0 Å². The molecular formula is C18H21N3O4. The van der Waals surface area contributed by atoms with Gasteiger partial charge in [0.05, 0.1) is 11.5 Å². The highest BCUT2D eigenvalue weighted by Crippen LogP contribution is 2.25. The van der Waals surface area contributed by atoms with E-state index in [1.807, 2.05) is 31.2 Å². The number of nitrogens with zero attached hydrogens (tertiary/aromatic N) is 2. The lowest BCUT2D eigenvalue weighted by atomic mass is 10.1. The minimum absolute atomic E-state index is 0.122. The van der Waals surface area contributed by atoms with Gasteiger partial charge in [0, 0.05) is 32.3 Å². The van der Waals surface area contributed by atoms with Crippen molar-refractivity contribution in [3.63, 3.8) is 0 Å². The summed E-state index contributed by atoms with van der Waals surface area (Å²) in [4.78, 5) is 24.7. The SMILES string of the molecule is CCOc1ccc(CN(C)C(=O)c2ccc(NC)c([N+](=O)[O-])c2)cc1. The normalized spacial score (nSPS) is 10.2. The summed E-state index contributed by atoms with van der Waals surface area (Å²) >= 11 is 0. The number of nitrogens with one attached hydrogen (secondary N) is 1. The third-order valence-corrected chi connectivity index (χ3v) is 3.71. The Kier molecular flexibility index (Phi) is 5.94. The molecule has 0 saturated heterocycles. The Morgan fingerprint density at radius 2 is 1.92 bits per heavy atom. The molecule has 0 atom stereocenters. The number of hydrogen-bond donors (Lipinski definition) is 1. The first-order chi connectivity index (χ1) is 12.0. The molecule has 2 rings (SSSR count). The fourth-order valence-corrected chi connectivity index (χ4v) is 2.45. The molecule has 0 heterocycles. The number of carbonyl (C=O) groups is 1. The van der Waals surface area contributed by atoms with Crippen LogP contribution in [0.15, 0.2) is 42.5 Å². The molecule has 25 heavy (non-hydrogen) atoms. The van der Waals surface area contributed by atoms with Gasteiger partial charge in [-0.05, 0) is 36.8 Å². The molecule has 0 aliphatic rings. The zero-order valence-electron chi connectivity index (χ0n) is 14.5. The Hall–Kier alpha value is -3.09. The van der Waals surface area contributed by atoms with Crippen molar-refractivity contribution in [2.75, 3.05) is 26.0 Å².